The van der Waals surface area contributed by atoms with E-state index in [0.29, 0.717) is 17.9 Å². The lowest BCUT2D eigenvalue weighted by molar-refractivity contribution is 0.0565. The van der Waals surface area contributed by atoms with Gasteiger partial charge < -0.3 is 19.2 Å². The van der Waals surface area contributed by atoms with Gasteiger partial charge in [0.15, 0.2) is 11.0 Å². The minimum atomic E-state index is -0.772. The van der Waals surface area contributed by atoms with Crippen LogP contribution in [0.15, 0.2) is 57.7 Å². The van der Waals surface area contributed by atoms with Crippen molar-refractivity contribution in [3.8, 4) is 5.75 Å². The number of hydrogen-bond acceptors (Lipinski definition) is 6. The summed E-state index contributed by atoms with van der Waals surface area (Å²) in [6.45, 7) is 2.83. The van der Waals surface area contributed by atoms with E-state index >= 15 is 0 Å². The van der Waals surface area contributed by atoms with Crippen LogP contribution in [0.5, 0.6) is 5.75 Å². The number of hydrogen-bond donors (Lipinski definition) is 1. The van der Waals surface area contributed by atoms with Crippen LogP contribution in [0.3, 0.4) is 0 Å². The van der Waals surface area contributed by atoms with Gasteiger partial charge in [0, 0.05) is 11.6 Å². The first-order chi connectivity index (χ1) is 15.5. The van der Waals surface area contributed by atoms with Crippen LogP contribution in [0.4, 0.5) is 5.69 Å². The minimum Gasteiger partial charge on any atom is -0.494 e. The molecular weight excluding hydrogens is 410 g/mol. The van der Waals surface area contributed by atoms with Crippen LogP contribution < -0.4 is 15.5 Å². The van der Waals surface area contributed by atoms with Crippen LogP contribution in [0.2, 0.25) is 0 Å². The van der Waals surface area contributed by atoms with E-state index in [4.69, 9.17) is 9.15 Å². The summed E-state index contributed by atoms with van der Waals surface area (Å²) in [5.74, 6) is -0.681. The monoisotopic (exact) mass is 437 g/mol. The Morgan fingerprint density at radius 3 is 2.47 bits per heavy atom. The highest BCUT2D eigenvalue weighted by molar-refractivity contribution is 6.08. The van der Waals surface area contributed by atoms with Crippen LogP contribution in [0, 0.1) is 0 Å². The molecule has 0 bridgehead atoms. The molecule has 0 aliphatic carbocycles. The summed E-state index contributed by atoms with van der Waals surface area (Å²) in [6, 6.07) is 12.7. The minimum absolute atomic E-state index is 0.108. The Morgan fingerprint density at radius 2 is 1.75 bits per heavy atom. The maximum Gasteiger partial charge on any atom is 0.374 e. The smallest absolute Gasteiger partial charge is 0.374 e. The molecule has 3 aromatic rings. The molecule has 0 aliphatic heterocycles. The number of fused-ring (bicyclic) bond motifs is 1. The number of methoxy groups -OCH3 is 1. The molecule has 2 aromatic carbocycles. The Morgan fingerprint density at radius 1 is 1.00 bits per heavy atom. The number of carbonyl (C=O) groups is 2. The van der Waals surface area contributed by atoms with E-state index in [1.807, 2.05) is 0 Å². The van der Waals surface area contributed by atoms with Crippen LogP contribution in [0.1, 0.15) is 59.9 Å². The molecule has 0 saturated carbocycles. The van der Waals surface area contributed by atoms with E-state index in [1.165, 1.54) is 26.4 Å². The Hall–Kier alpha value is -3.61. The van der Waals surface area contributed by atoms with Gasteiger partial charge in [0.05, 0.1) is 24.8 Å². The molecule has 0 unspecified atom stereocenters. The molecule has 3 rings (SSSR count). The van der Waals surface area contributed by atoms with Crippen molar-refractivity contribution in [2.75, 3.05) is 19.0 Å². The predicted octanol–water partition coefficient (Wildman–Crippen LogP) is 5.18. The highest BCUT2D eigenvalue weighted by Gasteiger charge is 2.16. The lowest BCUT2D eigenvalue weighted by atomic mass is 10.1. The molecule has 1 aromatic heterocycles. The molecular formula is C25H27NO6. The third-order valence-corrected chi connectivity index (χ3v) is 5.02. The van der Waals surface area contributed by atoms with E-state index in [9.17, 15) is 14.4 Å². The lowest BCUT2D eigenvalue weighted by Gasteiger charge is -2.10. The van der Waals surface area contributed by atoms with Crippen LogP contribution >= 0.6 is 0 Å². The van der Waals surface area contributed by atoms with Gasteiger partial charge in [-0.1, -0.05) is 38.7 Å². The average molecular weight is 437 g/mol. The van der Waals surface area contributed by atoms with Gasteiger partial charge in [-0.05, 0) is 42.8 Å². The first kappa shape index (κ1) is 23.1. The predicted molar refractivity (Wildman–Crippen MR) is 122 cm³/mol. The van der Waals surface area contributed by atoms with Gasteiger partial charge in [-0.15, -0.1) is 0 Å². The van der Waals surface area contributed by atoms with Crippen molar-refractivity contribution in [3.63, 3.8) is 0 Å². The molecule has 0 atom stereocenters. The molecule has 0 saturated heterocycles. The summed E-state index contributed by atoms with van der Waals surface area (Å²) in [5.41, 5.74) is 0.405. The second-order valence-electron chi connectivity index (χ2n) is 7.39. The molecule has 7 heteroatoms. The maximum atomic E-state index is 12.7. The molecule has 1 amide bonds. The van der Waals surface area contributed by atoms with Crippen molar-refractivity contribution >= 4 is 28.5 Å². The highest BCUT2D eigenvalue weighted by atomic mass is 16.5. The zero-order valence-corrected chi connectivity index (χ0v) is 18.3. The van der Waals surface area contributed by atoms with Crippen molar-refractivity contribution in [1.29, 1.82) is 0 Å². The molecule has 0 spiro atoms. The number of carbonyl (C=O) groups excluding carboxylic acids is 2. The van der Waals surface area contributed by atoms with Gasteiger partial charge in [0.1, 0.15) is 5.75 Å². The number of benzene rings is 2. The zero-order chi connectivity index (χ0) is 22.9. The summed E-state index contributed by atoms with van der Waals surface area (Å²) >= 11 is 0. The molecule has 7 nitrogen and oxygen atoms in total. The maximum absolute atomic E-state index is 12.7. The molecule has 0 aliphatic rings. The standard InChI is InChI=1S/C25H27NO6/c1-3-4-5-6-7-15-31-18-13-11-17(12-14-18)24(28)26-20-10-8-9-19-21(27)16-22(25(29)30-2)32-23(19)20/h8-14,16H,3-7,15H2,1-2H3,(H,26,28). The fourth-order valence-electron chi connectivity index (χ4n) is 3.27. The number of unbranched alkanes of at least 4 members (excludes halogenated alkanes) is 4. The Kier molecular flexibility index (Phi) is 8.02. The van der Waals surface area contributed by atoms with Crippen LogP contribution in [-0.4, -0.2) is 25.6 Å². The van der Waals surface area contributed by atoms with E-state index in [2.05, 4.69) is 17.0 Å². The molecule has 0 fully saturated rings. The highest BCUT2D eigenvalue weighted by Crippen LogP contribution is 2.23. The quantitative estimate of drug-likeness (QED) is 0.347. The first-order valence-electron chi connectivity index (χ1n) is 10.7. The molecule has 1 N–H and O–H groups in total. The van der Waals surface area contributed by atoms with Gasteiger partial charge in [0.25, 0.3) is 5.91 Å². The molecule has 32 heavy (non-hydrogen) atoms. The van der Waals surface area contributed by atoms with Crippen LogP contribution in [0.25, 0.3) is 11.0 Å². The van der Waals surface area contributed by atoms with Gasteiger partial charge in [-0.3, -0.25) is 9.59 Å². The van der Waals surface area contributed by atoms with Crippen molar-refractivity contribution in [1.82, 2.24) is 0 Å². The third kappa shape index (κ3) is 5.75. The SMILES string of the molecule is CCCCCCCOc1ccc(C(=O)Nc2cccc3c(=O)cc(C(=O)OC)oc23)cc1. The Labute approximate surface area is 186 Å². The van der Waals surface area contributed by atoms with E-state index in [0.717, 1.165) is 18.9 Å². The third-order valence-electron chi connectivity index (χ3n) is 5.02. The number of amides is 1. The fourth-order valence-corrected chi connectivity index (χ4v) is 3.27. The summed E-state index contributed by atoms with van der Waals surface area (Å²) < 4.78 is 15.9. The van der Waals surface area contributed by atoms with E-state index < -0.39 is 11.4 Å². The summed E-state index contributed by atoms with van der Waals surface area (Å²) in [7, 11) is 1.19. The largest absolute Gasteiger partial charge is 0.494 e. The van der Waals surface area contributed by atoms with Crippen molar-refractivity contribution < 1.29 is 23.5 Å². The summed E-state index contributed by atoms with van der Waals surface area (Å²) in [6.07, 6.45) is 5.82. The summed E-state index contributed by atoms with van der Waals surface area (Å²) in [4.78, 5) is 36.8. The second kappa shape index (κ2) is 11.1. The van der Waals surface area contributed by atoms with Crippen LogP contribution in [-0.2, 0) is 4.74 Å². The first-order valence-corrected chi connectivity index (χ1v) is 10.7. The zero-order valence-electron chi connectivity index (χ0n) is 18.3. The summed E-state index contributed by atoms with van der Waals surface area (Å²) in [5, 5.41) is 2.99. The number of anilines is 1. The number of esters is 1. The molecule has 1 heterocycles. The Balaban J connectivity index is 1.69. The number of nitrogens with one attached hydrogen (secondary N) is 1. The fraction of sp³-hybridized carbons (Fsp3) is 0.320. The number of rotatable bonds is 10. The van der Waals surface area contributed by atoms with Gasteiger partial charge >= 0.3 is 5.97 Å². The molecule has 168 valence electrons. The molecule has 0 radical (unpaired) electrons. The average Bonchev–Trinajstić information content (AvgIpc) is 2.81. The van der Waals surface area contributed by atoms with E-state index in [-0.39, 0.29) is 28.3 Å². The van der Waals surface area contributed by atoms with Crippen molar-refractivity contribution in [2.24, 2.45) is 0 Å². The van der Waals surface area contributed by atoms with Crippen molar-refractivity contribution in [3.05, 3.63) is 70.1 Å². The lowest BCUT2D eigenvalue weighted by Crippen LogP contribution is -2.14. The number of para-hydroxylation sites is 1. The topological polar surface area (TPSA) is 94.8 Å². The van der Waals surface area contributed by atoms with Gasteiger partial charge in [0.2, 0.25) is 5.76 Å². The second-order valence-corrected chi connectivity index (χ2v) is 7.39. The van der Waals surface area contributed by atoms with E-state index in [1.54, 1.807) is 42.5 Å². The number of ether oxygens (including phenoxy) is 2. The Bertz CT molecular complexity index is 1130. The van der Waals surface area contributed by atoms with Gasteiger partial charge in [-0.25, -0.2) is 4.79 Å². The van der Waals surface area contributed by atoms with Gasteiger partial charge in [-0.2, -0.15) is 0 Å². The normalized spacial score (nSPS) is 10.7. The van der Waals surface area contributed by atoms with Crippen molar-refractivity contribution in [2.45, 2.75) is 39.0 Å².